The molecule has 0 fully saturated rings. The molecule has 1 aromatic carbocycles. The van der Waals surface area contributed by atoms with Gasteiger partial charge in [-0.25, -0.2) is 4.39 Å². The van der Waals surface area contributed by atoms with Gasteiger partial charge in [-0.05, 0) is 51.0 Å². The average Bonchev–Trinajstić information content (AvgIpc) is 2.19. The Labute approximate surface area is 103 Å². The van der Waals surface area contributed by atoms with E-state index in [9.17, 15) is 9.50 Å². The van der Waals surface area contributed by atoms with Crippen LogP contribution in [0, 0.1) is 30.0 Å². The van der Waals surface area contributed by atoms with Crippen molar-refractivity contribution in [2.24, 2.45) is 5.41 Å². The number of rotatable bonds is 2. The molecule has 17 heavy (non-hydrogen) atoms. The van der Waals surface area contributed by atoms with Crippen LogP contribution in [0.3, 0.4) is 0 Å². The van der Waals surface area contributed by atoms with Gasteiger partial charge in [-0.15, -0.1) is 0 Å². The lowest BCUT2D eigenvalue weighted by Gasteiger charge is -2.12. The Morgan fingerprint density at radius 3 is 2.59 bits per heavy atom. The van der Waals surface area contributed by atoms with E-state index in [1.807, 2.05) is 27.7 Å². The second-order valence-electron chi connectivity index (χ2n) is 5.27. The number of halogens is 1. The number of aryl methyl sites for hydroxylation is 1. The van der Waals surface area contributed by atoms with E-state index in [2.05, 4.69) is 11.8 Å². The first-order valence-corrected chi connectivity index (χ1v) is 5.74. The van der Waals surface area contributed by atoms with Crippen molar-refractivity contribution in [2.45, 2.75) is 40.2 Å². The predicted octanol–water partition coefficient (Wildman–Crippen LogP) is 3.61. The lowest BCUT2D eigenvalue weighted by molar-refractivity contribution is 0.182. The molecule has 92 valence electrons. The van der Waals surface area contributed by atoms with Crippen LogP contribution in [-0.2, 0) is 0 Å². The summed E-state index contributed by atoms with van der Waals surface area (Å²) in [7, 11) is 0. The second-order valence-corrected chi connectivity index (χ2v) is 5.27. The van der Waals surface area contributed by atoms with Gasteiger partial charge in [0.2, 0.25) is 0 Å². The highest BCUT2D eigenvalue weighted by Gasteiger charge is 2.10. The van der Waals surface area contributed by atoms with E-state index in [4.69, 9.17) is 0 Å². The Kier molecular flexibility index (Phi) is 4.31. The highest BCUT2D eigenvalue weighted by molar-refractivity contribution is 5.29. The Morgan fingerprint density at radius 2 is 2.00 bits per heavy atom. The summed E-state index contributed by atoms with van der Waals surface area (Å²) in [6.07, 6.45) is -0.387. The van der Waals surface area contributed by atoms with Crippen molar-refractivity contribution in [3.05, 3.63) is 35.1 Å². The van der Waals surface area contributed by atoms with Gasteiger partial charge in [0.05, 0.1) is 6.10 Å². The van der Waals surface area contributed by atoms with Crippen LogP contribution in [0.1, 0.15) is 44.4 Å². The quantitative estimate of drug-likeness (QED) is 0.775. The molecule has 0 saturated carbocycles. The molecule has 0 aromatic heterocycles. The summed E-state index contributed by atoms with van der Waals surface area (Å²) in [6.45, 7) is 7.90. The minimum Gasteiger partial charge on any atom is -0.387 e. The summed E-state index contributed by atoms with van der Waals surface area (Å²) < 4.78 is 13.1. The Morgan fingerprint density at radius 1 is 1.35 bits per heavy atom. The highest BCUT2D eigenvalue weighted by atomic mass is 19.1. The van der Waals surface area contributed by atoms with Gasteiger partial charge in [0.1, 0.15) is 5.82 Å². The van der Waals surface area contributed by atoms with E-state index < -0.39 is 6.10 Å². The first-order valence-electron chi connectivity index (χ1n) is 5.74. The maximum atomic E-state index is 13.1. The highest BCUT2D eigenvalue weighted by Crippen LogP contribution is 2.21. The molecule has 1 unspecified atom stereocenters. The zero-order chi connectivity index (χ0) is 13.1. The third kappa shape index (κ3) is 4.58. The van der Waals surface area contributed by atoms with Gasteiger partial charge in [0.15, 0.2) is 0 Å². The fraction of sp³-hybridized carbons (Fsp3) is 0.467. The minimum atomic E-state index is -0.722. The summed E-state index contributed by atoms with van der Waals surface area (Å²) in [5.74, 6) is 5.68. The smallest absolute Gasteiger partial charge is 0.123 e. The van der Waals surface area contributed by atoms with Crippen molar-refractivity contribution in [2.75, 3.05) is 0 Å². The largest absolute Gasteiger partial charge is 0.387 e. The van der Waals surface area contributed by atoms with Gasteiger partial charge in [-0.1, -0.05) is 17.9 Å². The molecule has 1 aromatic rings. The normalized spacial score (nSPS) is 12.8. The van der Waals surface area contributed by atoms with Crippen molar-refractivity contribution >= 4 is 0 Å². The number of benzene rings is 1. The average molecular weight is 234 g/mol. The molecule has 0 aliphatic carbocycles. The van der Waals surface area contributed by atoms with Gasteiger partial charge in [-0.2, -0.15) is 0 Å². The summed E-state index contributed by atoms with van der Waals surface area (Å²) in [5, 5.41) is 9.95. The van der Waals surface area contributed by atoms with Crippen molar-refractivity contribution < 1.29 is 9.50 Å². The Balaban J connectivity index is 2.79. The van der Waals surface area contributed by atoms with Crippen LogP contribution in [0.15, 0.2) is 18.2 Å². The van der Waals surface area contributed by atoms with Crippen LogP contribution in [0.5, 0.6) is 0 Å². The fourth-order valence-electron chi connectivity index (χ4n) is 1.49. The molecule has 1 atom stereocenters. The van der Waals surface area contributed by atoms with Gasteiger partial charge < -0.3 is 5.11 Å². The van der Waals surface area contributed by atoms with Crippen LogP contribution in [0.2, 0.25) is 0 Å². The molecule has 0 saturated heterocycles. The van der Waals surface area contributed by atoms with E-state index in [1.54, 1.807) is 6.07 Å². The topological polar surface area (TPSA) is 20.2 Å². The van der Waals surface area contributed by atoms with E-state index in [0.29, 0.717) is 12.0 Å². The standard InChI is InChI=1S/C15H19FO/c1-11-7-8-12(16)10-13(11)14(17)6-5-9-15(2,3)4/h7-8,10,14,17H,6H2,1-4H3. The molecule has 2 heteroatoms. The molecule has 0 heterocycles. The lowest BCUT2D eigenvalue weighted by Crippen LogP contribution is -2.02. The molecule has 0 spiro atoms. The molecule has 1 rings (SSSR count). The molecule has 0 radical (unpaired) electrons. The van der Waals surface area contributed by atoms with E-state index in [1.165, 1.54) is 12.1 Å². The van der Waals surface area contributed by atoms with Crippen LogP contribution in [0.4, 0.5) is 4.39 Å². The van der Waals surface area contributed by atoms with Gasteiger partial charge in [-0.3, -0.25) is 0 Å². The van der Waals surface area contributed by atoms with E-state index >= 15 is 0 Å². The molecular weight excluding hydrogens is 215 g/mol. The SMILES string of the molecule is Cc1ccc(F)cc1C(O)CC#CC(C)(C)C. The van der Waals surface area contributed by atoms with Crippen LogP contribution >= 0.6 is 0 Å². The van der Waals surface area contributed by atoms with Gasteiger partial charge >= 0.3 is 0 Å². The monoisotopic (exact) mass is 234 g/mol. The number of aliphatic hydroxyl groups is 1. The van der Waals surface area contributed by atoms with Crippen molar-refractivity contribution in [1.82, 2.24) is 0 Å². The first kappa shape index (κ1) is 13.7. The summed E-state index contributed by atoms with van der Waals surface area (Å²) in [6, 6.07) is 4.44. The maximum absolute atomic E-state index is 13.1. The Hall–Kier alpha value is -1.33. The summed E-state index contributed by atoms with van der Waals surface area (Å²) in [4.78, 5) is 0. The van der Waals surface area contributed by atoms with Gasteiger partial charge in [0.25, 0.3) is 0 Å². The molecule has 0 aliphatic heterocycles. The third-order valence-corrected chi connectivity index (χ3v) is 2.36. The molecule has 0 bridgehead atoms. The molecular formula is C15H19FO. The summed E-state index contributed by atoms with van der Waals surface area (Å²) in [5.41, 5.74) is 1.43. The van der Waals surface area contributed by atoms with E-state index in [-0.39, 0.29) is 11.2 Å². The van der Waals surface area contributed by atoms with E-state index in [0.717, 1.165) is 5.56 Å². The predicted molar refractivity (Wildman–Crippen MR) is 67.9 cm³/mol. The number of hydrogen-bond acceptors (Lipinski definition) is 1. The molecule has 0 aliphatic rings. The van der Waals surface area contributed by atoms with Crippen LogP contribution in [-0.4, -0.2) is 5.11 Å². The maximum Gasteiger partial charge on any atom is 0.123 e. The lowest BCUT2D eigenvalue weighted by atomic mass is 9.96. The number of aliphatic hydroxyl groups excluding tert-OH is 1. The minimum absolute atomic E-state index is 0.0727. The van der Waals surface area contributed by atoms with Crippen molar-refractivity contribution in [3.63, 3.8) is 0 Å². The summed E-state index contributed by atoms with van der Waals surface area (Å²) >= 11 is 0. The Bertz CT molecular complexity index is 446. The second kappa shape index (κ2) is 5.33. The zero-order valence-corrected chi connectivity index (χ0v) is 10.8. The molecule has 1 N–H and O–H groups in total. The molecule has 0 amide bonds. The van der Waals surface area contributed by atoms with Crippen molar-refractivity contribution in [3.8, 4) is 11.8 Å². The van der Waals surface area contributed by atoms with Gasteiger partial charge in [0, 0.05) is 11.8 Å². The third-order valence-electron chi connectivity index (χ3n) is 2.36. The van der Waals surface area contributed by atoms with Crippen molar-refractivity contribution in [1.29, 1.82) is 0 Å². The zero-order valence-electron chi connectivity index (χ0n) is 10.8. The molecule has 1 nitrogen and oxygen atoms in total. The fourth-order valence-corrected chi connectivity index (χ4v) is 1.49. The van der Waals surface area contributed by atoms with Crippen LogP contribution in [0.25, 0.3) is 0 Å². The number of hydrogen-bond donors (Lipinski definition) is 1. The van der Waals surface area contributed by atoms with Crippen LogP contribution < -0.4 is 0 Å². The first-order chi connectivity index (χ1) is 7.79.